The highest BCUT2D eigenvalue weighted by molar-refractivity contribution is 6.31. The van der Waals surface area contributed by atoms with Gasteiger partial charge >= 0.3 is 6.18 Å². The number of rotatable bonds is 9. The standard InChI is InChI=1S/C16H15ClF3N3O4/c17-11-5-6-22-15(14(11)16(18,19)20)27-10-9-26-8-7-21-12-3-1-2-4-13(12)23(24)25/h1-6,21H,7-10H2. The molecule has 0 saturated heterocycles. The van der Waals surface area contributed by atoms with Crippen LogP contribution in [0.25, 0.3) is 0 Å². The molecule has 0 amide bonds. The SMILES string of the molecule is O=[N+]([O-])c1ccccc1NCCOCCOc1nccc(Cl)c1C(F)(F)F. The van der Waals surface area contributed by atoms with Crippen LogP contribution in [0.15, 0.2) is 36.5 Å². The molecule has 27 heavy (non-hydrogen) atoms. The quantitative estimate of drug-likeness (QED) is 0.383. The lowest BCUT2D eigenvalue weighted by Crippen LogP contribution is -2.16. The molecule has 1 N–H and O–H groups in total. The summed E-state index contributed by atoms with van der Waals surface area (Å²) < 4.78 is 49.1. The van der Waals surface area contributed by atoms with Crippen molar-refractivity contribution in [2.24, 2.45) is 0 Å². The van der Waals surface area contributed by atoms with Gasteiger partial charge in [-0.15, -0.1) is 0 Å². The maximum Gasteiger partial charge on any atom is 0.423 e. The second-order valence-corrected chi connectivity index (χ2v) is 5.54. The number of para-hydroxylation sites is 2. The molecule has 0 radical (unpaired) electrons. The number of ether oxygens (including phenoxy) is 2. The molecule has 0 aliphatic heterocycles. The molecule has 0 spiro atoms. The number of hydrogen-bond donors (Lipinski definition) is 1. The molecule has 146 valence electrons. The van der Waals surface area contributed by atoms with Gasteiger partial charge in [0, 0.05) is 18.8 Å². The fourth-order valence-electron chi connectivity index (χ4n) is 2.13. The Morgan fingerprint density at radius 2 is 1.93 bits per heavy atom. The van der Waals surface area contributed by atoms with E-state index >= 15 is 0 Å². The molecule has 0 fully saturated rings. The molecule has 0 saturated carbocycles. The first kappa shape index (κ1) is 20.7. The third-order valence-corrected chi connectivity index (χ3v) is 3.59. The number of nitrogens with zero attached hydrogens (tertiary/aromatic N) is 2. The van der Waals surface area contributed by atoms with E-state index in [1.165, 1.54) is 6.07 Å². The van der Waals surface area contributed by atoms with Crippen LogP contribution in [0.5, 0.6) is 5.88 Å². The van der Waals surface area contributed by atoms with E-state index in [-0.39, 0.29) is 32.1 Å². The predicted octanol–water partition coefficient (Wildman–Crippen LogP) is 4.17. The summed E-state index contributed by atoms with van der Waals surface area (Å²) in [7, 11) is 0. The summed E-state index contributed by atoms with van der Waals surface area (Å²) >= 11 is 5.56. The Bertz CT molecular complexity index is 790. The highest BCUT2D eigenvalue weighted by Gasteiger charge is 2.38. The third kappa shape index (κ3) is 5.97. The summed E-state index contributed by atoms with van der Waals surface area (Å²) in [6.45, 7) is 0.282. The topological polar surface area (TPSA) is 86.5 Å². The van der Waals surface area contributed by atoms with E-state index in [1.54, 1.807) is 18.2 Å². The molecule has 7 nitrogen and oxygen atoms in total. The average molecular weight is 406 g/mol. The zero-order chi connectivity index (χ0) is 19.9. The van der Waals surface area contributed by atoms with Gasteiger partial charge in [-0.1, -0.05) is 23.7 Å². The first-order valence-corrected chi connectivity index (χ1v) is 8.08. The van der Waals surface area contributed by atoms with Crippen molar-refractivity contribution < 1.29 is 27.6 Å². The van der Waals surface area contributed by atoms with E-state index < -0.39 is 27.6 Å². The predicted molar refractivity (Wildman–Crippen MR) is 92.1 cm³/mol. The lowest BCUT2D eigenvalue weighted by atomic mass is 10.2. The van der Waals surface area contributed by atoms with E-state index in [2.05, 4.69) is 10.3 Å². The van der Waals surface area contributed by atoms with Crippen molar-refractivity contribution >= 4 is 23.0 Å². The van der Waals surface area contributed by atoms with Crippen molar-refractivity contribution in [3.63, 3.8) is 0 Å². The van der Waals surface area contributed by atoms with Gasteiger partial charge in [-0.25, -0.2) is 4.98 Å². The van der Waals surface area contributed by atoms with Crippen LogP contribution >= 0.6 is 11.6 Å². The molecule has 1 aromatic heterocycles. The fourth-order valence-corrected chi connectivity index (χ4v) is 2.37. The monoisotopic (exact) mass is 405 g/mol. The second kappa shape index (κ2) is 9.38. The zero-order valence-corrected chi connectivity index (χ0v) is 14.6. The average Bonchev–Trinajstić information content (AvgIpc) is 2.60. The summed E-state index contributed by atoms with van der Waals surface area (Å²) in [5, 5.41) is 13.2. The summed E-state index contributed by atoms with van der Waals surface area (Å²) in [6.07, 6.45) is -3.57. The minimum atomic E-state index is -4.68. The number of halogens is 4. The highest BCUT2D eigenvalue weighted by Crippen LogP contribution is 2.39. The normalized spacial score (nSPS) is 11.3. The van der Waals surface area contributed by atoms with Gasteiger partial charge in [-0.3, -0.25) is 10.1 Å². The third-order valence-electron chi connectivity index (χ3n) is 3.28. The van der Waals surface area contributed by atoms with Crippen molar-refractivity contribution in [1.29, 1.82) is 0 Å². The molecule has 0 unspecified atom stereocenters. The van der Waals surface area contributed by atoms with Crippen LogP contribution < -0.4 is 10.1 Å². The van der Waals surface area contributed by atoms with Gasteiger partial charge < -0.3 is 14.8 Å². The highest BCUT2D eigenvalue weighted by atomic mass is 35.5. The number of anilines is 1. The lowest BCUT2D eigenvalue weighted by molar-refractivity contribution is -0.384. The zero-order valence-electron chi connectivity index (χ0n) is 13.8. The van der Waals surface area contributed by atoms with Crippen LogP contribution in [0.4, 0.5) is 24.5 Å². The van der Waals surface area contributed by atoms with Crippen molar-refractivity contribution in [3.8, 4) is 5.88 Å². The smallest absolute Gasteiger partial charge is 0.423 e. The van der Waals surface area contributed by atoms with E-state index in [1.807, 2.05) is 0 Å². The van der Waals surface area contributed by atoms with Crippen LogP contribution in [0.3, 0.4) is 0 Å². The number of pyridine rings is 1. The van der Waals surface area contributed by atoms with Gasteiger partial charge in [0.25, 0.3) is 5.69 Å². The van der Waals surface area contributed by atoms with Crippen molar-refractivity contribution in [2.45, 2.75) is 6.18 Å². The Morgan fingerprint density at radius 3 is 2.63 bits per heavy atom. The van der Waals surface area contributed by atoms with Gasteiger partial charge in [0.05, 0.1) is 23.2 Å². The number of nitro groups is 1. The van der Waals surface area contributed by atoms with Gasteiger partial charge in [-0.05, 0) is 12.1 Å². The second-order valence-electron chi connectivity index (χ2n) is 5.13. The van der Waals surface area contributed by atoms with Crippen molar-refractivity contribution in [1.82, 2.24) is 4.98 Å². The summed E-state index contributed by atoms with van der Waals surface area (Å²) in [4.78, 5) is 13.9. The van der Waals surface area contributed by atoms with Gasteiger partial charge in [-0.2, -0.15) is 13.2 Å². The number of aromatic nitrogens is 1. The van der Waals surface area contributed by atoms with E-state index in [0.717, 1.165) is 12.3 Å². The Hall–Kier alpha value is -2.59. The molecule has 0 aliphatic carbocycles. The van der Waals surface area contributed by atoms with Gasteiger partial charge in [0.1, 0.15) is 17.9 Å². The Morgan fingerprint density at radius 1 is 1.19 bits per heavy atom. The molecule has 1 aromatic carbocycles. The van der Waals surface area contributed by atoms with Crippen LogP contribution in [-0.2, 0) is 10.9 Å². The molecular weight excluding hydrogens is 391 g/mol. The minimum Gasteiger partial charge on any atom is -0.475 e. The molecule has 0 atom stereocenters. The van der Waals surface area contributed by atoms with E-state index in [9.17, 15) is 23.3 Å². The maximum absolute atomic E-state index is 12.9. The van der Waals surface area contributed by atoms with Crippen LogP contribution in [0.1, 0.15) is 5.56 Å². The van der Waals surface area contributed by atoms with Gasteiger partial charge in [0.15, 0.2) is 0 Å². The Balaban J connectivity index is 1.75. The Labute approximate surface area is 157 Å². The molecule has 0 bridgehead atoms. The molecule has 1 heterocycles. The number of alkyl halides is 3. The number of nitrogens with one attached hydrogen (secondary N) is 1. The van der Waals surface area contributed by atoms with E-state index in [4.69, 9.17) is 21.1 Å². The van der Waals surface area contributed by atoms with Crippen LogP contribution in [-0.4, -0.2) is 36.3 Å². The van der Waals surface area contributed by atoms with Gasteiger partial charge in [0.2, 0.25) is 5.88 Å². The Kier molecular flexibility index (Phi) is 7.19. The molecule has 11 heteroatoms. The van der Waals surface area contributed by atoms with Crippen LogP contribution in [0, 0.1) is 10.1 Å². The van der Waals surface area contributed by atoms with Crippen molar-refractivity contribution in [2.75, 3.05) is 31.7 Å². The fraction of sp³-hybridized carbons (Fsp3) is 0.312. The molecule has 2 rings (SSSR count). The number of benzene rings is 1. The number of hydrogen-bond acceptors (Lipinski definition) is 6. The molecule has 2 aromatic rings. The van der Waals surface area contributed by atoms with E-state index in [0.29, 0.717) is 5.69 Å². The first-order valence-electron chi connectivity index (χ1n) is 7.70. The summed E-state index contributed by atoms with van der Waals surface area (Å²) in [6, 6.07) is 7.16. The first-order chi connectivity index (χ1) is 12.8. The summed E-state index contributed by atoms with van der Waals surface area (Å²) in [5.74, 6) is -0.614. The lowest BCUT2D eigenvalue weighted by Gasteiger charge is -2.14. The maximum atomic E-state index is 12.9. The minimum absolute atomic E-state index is 0.00402. The molecular formula is C16H15ClF3N3O4. The van der Waals surface area contributed by atoms with Crippen molar-refractivity contribution in [3.05, 3.63) is 57.2 Å². The summed E-state index contributed by atoms with van der Waals surface area (Å²) in [5.41, 5.74) is -0.849. The molecule has 0 aliphatic rings. The number of nitro benzene ring substituents is 1. The largest absolute Gasteiger partial charge is 0.475 e. The van der Waals surface area contributed by atoms with Crippen LogP contribution in [0.2, 0.25) is 5.02 Å².